The molecule has 43 heavy (non-hydrogen) atoms. The van der Waals surface area contributed by atoms with Crippen LogP contribution in [0.1, 0.15) is 35.8 Å². The number of aromatic amines is 1. The summed E-state index contributed by atoms with van der Waals surface area (Å²) in [6, 6.07) is 16.2. The van der Waals surface area contributed by atoms with Gasteiger partial charge in [-0.3, -0.25) is 9.78 Å². The summed E-state index contributed by atoms with van der Waals surface area (Å²) in [6.45, 7) is 3.28. The maximum absolute atomic E-state index is 16.2. The van der Waals surface area contributed by atoms with Gasteiger partial charge in [0.2, 0.25) is 11.7 Å². The Balaban J connectivity index is 1.59. The van der Waals surface area contributed by atoms with Gasteiger partial charge in [0.15, 0.2) is 24.0 Å². The number of aromatic nitrogens is 5. The van der Waals surface area contributed by atoms with Gasteiger partial charge in [-0.05, 0) is 54.4 Å². The molecule has 0 bridgehead atoms. The lowest BCUT2D eigenvalue weighted by Gasteiger charge is -2.21. The number of H-pyrrole nitrogens is 1. The third-order valence-corrected chi connectivity index (χ3v) is 6.75. The van der Waals surface area contributed by atoms with Crippen LogP contribution in [-0.2, 0) is 11.2 Å². The number of likely N-dealkylation sites (N-methyl/N-ethyl adjacent to an activating group) is 1. The maximum Gasteiger partial charge on any atom is 0.348 e. The van der Waals surface area contributed by atoms with Crippen LogP contribution in [0.3, 0.4) is 0 Å². The standard InChI is InChI=1S/C30H31FN8O4/c1-5-18-14-21(26(31)24(15-18)42-16-25(40)38(3)4)27(29-35-30(41)39(36-29)23-9-7-6-8-22(23)32)34-20-12-10-19(11-13-20)28-33-17(2)43-37-28/h6-15,27,34H,5,16,32H2,1-4H3,(H,35,36,41). The molecule has 0 saturated carbocycles. The van der Waals surface area contributed by atoms with Gasteiger partial charge in [-0.2, -0.15) is 9.67 Å². The predicted molar refractivity (Wildman–Crippen MR) is 159 cm³/mol. The lowest BCUT2D eigenvalue weighted by molar-refractivity contribution is -0.130. The molecule has 2 heterocycles. The molecule has 12 nitrogen and oxygen atoms in total. The smallest absolute Gasteiger partial charge is 0.348 e. The molecule has 0 aliphatic heterocycles. The van der Waals surface area contributed by atoms with E-state index in [0.29, 0.717) is 35.2 Å². The number of nitrogens with two attached hydrogens (primary N) is 1. The highest BCUT2D eigenvalue weighted by atomic mass is 19.1. The molecule has 5 rings (SSSR count). The summed E-state index contributed by atoms with van der Waals surface area (Å²) >= 11 is 0. The fraction of sp³-hybridized carbons (Fsp3) is 0.233. The van der Waals surface area contributed by atoms with Crippen molar-refractivity contribution in [2.75, 3.05) is 31.8 Å². The fourth-order valence-electron chi connectivity index (χ4n) is 4.37. The molecule has 0 fully saturated rings. The monoisotopic (exact) mass is 586 g/mol. The topological polar surface area (TPSA) is 157 Å². The van der Waals surface area contributed by atoms with Crippen molar-refractivity contribution >= 4 is 17.3 Å². The number of hydrogen-bond donors (Lipinski definition) is 3. The van der Waals surface area contributed by atoms with E-state index in [0.717, 1.165) is 15.8 Å². The minimum absolute atomic E-state index is 0.0896. The molecule has 13 heteroatoms. The van der Waals surface area contributed by atoms with E-state index >= 15 is 4.39 Å². The van der Waals surface area contributed by atoms with Gasteiger partial charge >= 0.3 is 5.69 Å². The maximum atomic E-state index is 16.2. The summed E-state index contributed by atoms with van der Waals surface area (Å²) in [7, 11) is 3.18. The van der Waals surface area contributed by atoms with Crippen LogP contribution in [0.15, 0.2) is 70.0 Å². The number of anilines is 2. The van der Waals surface area contributed by atoms with E-state index < -0.39 is 17.5 Å². The van der Waals surface area contributed by atoms with Gasteiger partial charge in [0, 0.05) is 37.8 Å². The van der Waals surface area contributed by atoms with E-state index in [1.165, 1.54) is 4.90 Å². The summed E-state index contributed by atoms with van der Waals surface area (Å²) in [6.07, 6.45) is 0.558. The summed E-state index contributed by atoms with van der Waals surface area (Å²) in [5.74, 6) is -0.109. The third-order valence-electron chi connectivity index (χ3n) is 6.75. The minimum Gasteiger partial charge on any atom is -0.481 e. The van der Waals surface area contributed by atoms with Crippen molar-refractivity contribution in [1.29, 1.82) is 0 Å². The van der Waals surface area contributed by atoms with Crippen LogP contribution < -0.4 is 21.5 Å². The average molecular weight is 587 g/mol. The highest BCUT2D eigenvalue weighted by Gasteiger charge is 2.27. The Morgan fingerprint density at radius 2 is 1.93 bits per heavy atom. The van der Waals surface area contributed by atoms with E-state index in [1.807, 2.05) is 6.92 Å². The van der Waals surface area contributed by atoms with Gasteiger partial charge in [0.25, 0.3) is 5.91 Å². The molecule has 0 aliphatic carbocycles. The first-order valence-corrected chi connectivity index (χ1v) is 13.5. The van der Waals surface area contributed by atoms with Gasteiger partial charge in [0.05, 0.1) is 11.4 Å². The lowest BCUT2D eigenvalue weighted by Crippen LogP contribution is -2.28. The zero-order chi connectivity index (χ0) is 30.7. The number of ether oxygens (including phenoxy) is 1. The number of para-hydroxylation sites is 2. The lowest BCUT2D eigenvalue weighted by atomic mass is 10.00. The Kier molecular flexibility index (Phi) is 8.23. The summed E-state index contributed by atoms with van der Waals surface area (Å²) < 4.78 is 28.0. The highest BCUT2D eigenvalue weighted by molar-refractivity contribution is 5.77. The van der Waals surface area contributed by atoms with E-state index in [9.17, 15) is 9.59 Å². The number of amides is 1. The van der Waals surface area contributed by atoms with Gasteiger partial charge < -0.3 is 25.2 Å². The molecular weight excluding hydrogens is 555 g/mol. The van der Waals surface area contributed by atoms with Crippen molar-refractivity contribution in [2.24, 2.45) is 0 Å². The molecule has 1 amide bonds. The second kappa shape index (κ2) is 12.2. The van der Waals surface area contributed by atoms with Crippen LogP contribution in [0.25, 0.3) is 17.1 Å². The molecular formula is C30H31FN8O4. The van der Waals surface area contributed by atoms with E-state index in [1.54, 1.807) is 81.7 Å². The Morgan fingerprint density at radius 3 is 2.58 bits per heavy atom. The second-order valence-electron chi connectivity index (χ2n) is 10.0. The van der Waals surface area contributed by atoms with Crippen molar-refractivity contribution in [3.05, 3.63) is 99.8 Å². The molecule has 1 unspecified atom stereocenters. The Bertz CT molecular complexity index is 1810. The number of carbonyl (C=O) groups excluding carboxylic acids is 1. The Labute approximate surface area is 246 Å². The van der Waals surface area contributed by atoms with Crippen molar-refractivity contribution in [2.45, 2.75) is 26.3 Å². The Hall–Kier alpha value is -5.46. The fourth-order valence-corrected chi connectivity index (χ4v) is 4.37. The van der Waals surface area contributed by atoms with E-state index in [-0.39, 0.29) is 29.7 Å². The normalized spacial score (nSPS) is 11.7. The highest BCUT2D eigenvalue weighted by Crippen LogP contribution is 2.33. The molecule has 2 aromatic heterocycles. The number of benzene rings is 3. The number of nitrogen functional groups attached to an aromatic ring is 1. The van der Waals surface area contributed by atoms with Gasteiger partial charge in [-0.25, -0.2) is 9.18 Å². The number of hydrogen-bond acceptors (Lipinski definition) is 9. The molecule has 222 valence electrons. The van der Waals surface area contributed by atoms with Crippen molar-refractivity contribution < 1.29 is 18.4 Å². The Morgan fingerprint density at radius 1 is 1.19 bits per heavy atom. The number of nitrogens with zero attached hydrogens (tertiary/aromatic N) is 5. The van der Waals surface area contributed by atoms with Crippen LogP contribution in [0.5, 0.6) is 5.75 Å². The summed E-state index contributed by atoms with van der Waals surface area (Å²) in [5.41, 5.74) is 8.51. The first-order chi connectivity index (χ1) is 20.6. The van der Waals surface area contributed by atoms with Crippen LogP contribution >= 0.6 is 0 Å². The largest absolute Gasteiger partial charge is 0.481 e. The molecule has 0 radical (unpaired) electrons. The van der Waals surface area contributed by atoms with Crippen LogP contribution in [0, 0.1) is 12.7 Å². The number of carbonyl (C=O) groups is 1. The summed E-state index contributed by atoms with van der Waals surface area (Å²) in [4.78, 5) is 33.6. The van der Waals surface area contributed by atoms with Crippen LogP contribution in [0.4, 0.5) is 15.8 Å². The van der Waals surface area contributed by atoms with Gasteiger partial charge in [-0.15, -0.1) is 5.10 Å². The molecule has 1 atom stereocenters. The van der Waals surface area contributed by atoms with Crippen LogP contribution in [-0.4, -0.2) is 56.4 Å². The molecule has 4 N–H and O–H groups in total. The molecule has 0 spiro atoms. The SMILES string of the molecule is CCc1cc(OCC(=O)N(C)C)c(F)c(C(Nc2ccc(-c3noc(C)n3)cc2)c2nn(-c3ccccc3N)c(=O)[nH]2)c1. The van der Waals surface area contributed by atoms with Gasteiger partial charge in [0.1, 0.15) is 6.04 Å². The quantitative estimate of drug-likeness (QED) is 0.207. The minimum atomic E-state index is -0.976. The first kappa shape index (κ1) is 29.0. The first-order valence-electron chi connectivity index (χ1n) is 13.5. The van der Waals surface area contributed by atoms with E-state index in [4.69, 9.17) is 15.0 Å². The van der Waals surface area contributed by atoms with E-state index in [2.05, 4.69) is 25.5 Å². The number of aryl methyl sites for hydroxylation is 2. The summed E-state index contributed by atoms with van der Waals surface area (Å²) in [5, 5.41) is 11.7. The van der Waals surface area contributed by atoms with Crippen molar-refractivity contribution in [1.82, 2.24) is 29.8 Å². The molecule has 0 saturated heterocycles. The predicted octanol–water partition coefficient (Wildman–Crippen LogP) is 3.87. The van der Waals surface area contributed by atoms with Crippen LogP contribution in [0.2, 0.25) is 0 Å². The third kappa shape index (κ3) is 6.25. The number of rotatable bonds is 10. The second-order valence-corrected chi connectivity index (χ2v) is 10.0. The number of nitrogens with one attached hydrogen (secondary N) is 2. The zero-order valence-electron chi connectivity index (χ0n) is 24.1. The average Bonchev–Trinajstić information content (AvgIpc) is 3.61. The molecule has 0 aliphatic rings. The molecule has 3 aromatic carbocycles. The van der Waals surface area contributed by atoms with Crippen molar-refractivity contribution in [3.63, 3.8) is 0 Å². The van der Waals surface area contributed by atoms with Crippen molar-refractivity contribution in [3.8, 4) is 22.8 Å². The van der Waals surface area contributed by atoms with Gasteiger partial charge in [-0.1, -0.05) is 30.3 Å². The molecule has 5 aromatic rings. The zero-order valence-corrected chi connectivity index (χ0v) is 24.1. The number of halogens is 1.